The number of fused-ring (bicyclic) bond motifs is 1. The number of likely N-dealkylation sites (N-methyl/N-ethyl adjacent to an activating group) is 1. The van der Waals surface area contributed by atoms with Gasteiger partial charge >= 0.3 is 5.97 Å². The molecule has 1 heterocycles. The molecule has 1 aromatic heterocycles. The molecule has 0 amide bonds. The first-order chi connectivity index (χ1) is 9.52. The Morgan fingerprint density at radius 2 is 2.05 bits per heavy atom. The Hall–Kier alpha value is -2.34. The van der Waals surface area contributed by atoms with E-state index in [0.717, 1.165) is 16.6 Å². The van der Waals surface area contributed by atoms with Crippen LogP contribution in [-0.4, -0.2) is 40.9 Å². The zero-order valence-corrected chi connectivity index (χ0v) is 11.1. The first-order valence-electron chi connectivity index (χ1n) is 6.20. The summed E-state index contributed by atoms with van der Waals surface area (Å²) < 4.78 is 1.50. The van der Waals surface area contributed by atoms with E-state index in [1.54, 1.807) is 30.1 Å². The van der Waals surface area contributed by atoms with E-state index in [-0.39, 0.29) is 25.3 Å². The Balaban J connectivity index is 2.48. The molecule has 0 aliphatic heterocycles. The Morgan fingerprint density at radius 1 is 1.30 bits per heavy atom. The lowest BCUT2D eigenvalue weighted by Crippen LogP contribution is -2.25. The summed E-state index contributed by atoms with van der Waals surface area (Å²) in [5, 5.41) is 18.6. The van der Waals surface area contributed by atoms with E-state index < -0.39 is 5.97 Å². The van der Waals surface area contributed by atoms with Gasteiger partial charge in [-0.05, 0) is 24.3 Å². The van der Waals surface area contributed by atoms with Gasteiger partial charge in [0.2, 0.25) is 0 Å². The summed E-state index contributed by atoms with van der Waals surface area (Å²) >= 11 is 0. The highest BCUT2D eigenvalue weighted by Crippen LogP contribution is 2.20. The van der Waals surface area contributed by atoms with Crippen molar-refractivity contribution < 1.29 is 15.0 Å². The second kappa shape index (κ2) is 5.75. The first kappa shape index (κ1) is 14.1. The smallest absolute Gasteiger partial charge is 0.323 e. The van der Waals surface area contributed by atoms with Crippen LogP contribution in [0.1, 0.15) is 0 Å². The minimum absolute atomic E-state index is 0.0955. The zero-order valence-electron chi connectivity index (χ0n) is 11.1. The summed E-state index contributed by atoms with van der Waals surface area (Å²) in [5.74, 6) is -0.905. The van der Waals surface area contributed by atoms with E-state index in [1.165, 1.54) is 10.6 Å². The van der Waals surface area contributed by atoms with Gasteiger partial charge in [-0.25, -0.2) is 0 Å². The number of aliphatic hydroxyl groups is 1. The van der Waals surface area contributed by atoms with Crippen molar-refractivity contribution in [2.45, 2.75) is 6.54 Å². The third-order valence-corrected chi connectivity index (χ3v) is 3.11. The van der Waals surface area contributed by atoms with Crippen molar-refractivity contribution in [1.29, 1.82) is 0 Å². The van der Waals surface area contributed by atoms with Crippen LogP contribution in [0.4, 0.5) is 5.69 Å². The largest absolute Gasteiger partial charge is 0.480 e. The van der Waals surface area contributed by atoms with Gasteiger partial charge in [0.15, 0.2) is 0 Å². The van der Waals surface area contributed by atoms with Gasteiger partial charge in [0.05, 0.1) is 12.1 Å². The van der Waals surface area contributed by atoms with Crippen molar-refractivity contribution in [2.24, 2.45) is 0 Å². The van der Waals surface area contributed by atoms with Crippen LogP contribution in [0.25, 0.3) is 10.9 Å². The van der Waals surface area contributed by atoms with Gasteiger partial charge in [-0.3, -0.25) is 9.59 Å². The minimum Gasteiger partial charge on any atom is -0.480 e. The van der Waals surface area contributed by atoms with E-state index in [2.05, 4.69) is 0 Å². The van der Waals surface area contributed by atoms with Gasteiger partial charge in [0, 0.05) is 30.7 Å². The number of carbonyl (C=O) groups is 1. The van der Waals surface area contributed by atoms with Crippen molar-refractivity contribution in [3.05, 3.63) is 40.7 Å². The van der Waals surface area contributed by atoms with Crippen molar-refractivity contribution >= 4 is 22.6 Å². The van der Waals surface area contributed by atoms with E-state index in [9.17, 15) is 9.59 Å². The summed E-state index contributed by atoms with van der Waals surface area (Å²) in [6, 6.07) is 8.49. The third kappa shape index (κ3) is 2.80. The van der Waals surface area contributed by atoms with Crippen LogP contribution < -0.4 is 10.5 Å². The summed E-state index contributed by atoms with van der Waals surface area (Å²) in [6.07, 6.45) is 0. The van der Waals surface area contributed by atoms with Gasteiger partial charge in [0.25, 0.3) is 5.56 Å². The number of aromatic nitrogens is 1. The molecule has 0 aliphatic carbocycles. The quantitative estimate of drug-likeness (QED) is 0.831. The Kier molecular flexibility index (Phi) is 4.05. The normalized spacial score (nSPS) is 10.7. The van der Waals surface area contributed by atoms with Gasteiger partial charge < -0.3 is 19.7 Å². The monoisotopic (exact) mass is 276 g/mol. The predicted molar refractivity (Wildman–Crippen MR) is 76.2 cm³/mol. The molecule has 0 radical (unpaired) electrons. The fourth-order valence-corrected chi connectivity index (χ4v) is 2.15. The average molecular weight is 276 g/mol. The van der Waals surface area contributed by atoms with Gasteiger partial charge in [-0.2, -0.15) is 0 Å². The van der Waals surface area contributed by atoms with Crippen LogP contribution in [0.5, 0.6) is 0 Å². The predicted octanol–water partition coefficient (Wildman–Crippen LogP) is 0.515. The van der Waals surface area contributed by atoms with Crippen LogP contribution in [-0.2, 0) is 11.3 Å². The average Bonchev–Trinajstić information content (AvgIpc) is 2.41. The number of aliphatic hydroxyl groups excluding tert-OH is 1. The van der Waals surface area contributed by atoms with Crippen molar-refractivity contribution in [3.8, 4) is 0 Å². The van der Waals surface area contributed by atoms with Gasteiger partial charge in [0.1, 0.15) is 6.54 Å². The minimum atomic E-state index is -0.905. The highest BCUT2D eigenvalue weighted by molar-refractivity contribution is 5.84. The Morgan fingerprint density at radius 3 is 2.70 bits per heavy atom. The molecule has 0 aliphatic rings. The van der Waals surface area contributed by atoms with Gasteiger partial charge in [-0.15, -0.1) is 0 Å². The number of hydrogen-bond acceptors (Lipinski definition) is 4. The van der Waals surface area contributed by atoms with E-state index >= 15 is 0 Å². The third-order valence-electron chi connectivity index (χ3n) is 3.11. The molecule has 2 N–H and O–H groups in total. The van der Waals surface area contributed by atoms with E-state index in [1.807, 2.05) is 6.07 Å². The zero-order chi connectivity index (χ0) is 14.7. The number of hydrogen-bond donors (Lipinski definition) is 2. The molecule has 0 atom stereocenters. The standard InChI is InChI=1S/C14H16N2O4/c1-15(9-14(19)20)11-3-4-12-10(8-11)2-5-13(18)16(12)6-7-17/h2-5,8,17H,6-7,9H2,1H3,(H,19,20). The molecule has 0 bridgehead atoms. The molecule has 6 heteroatoms. The summed E-state index contributed by atoms with van der Waals surface area (Å²) in [5.41, 5.74) is 1.31. The van der Waals surface area contributed by atoms with Crippen LogP contribution in [0.15, 0.2) is 35.1 Å². The molecular formula is C14H16N2O4. The molecule has 0 saturated carbocycles. The van der Waals surface area contributed by atoms with Crippen LogP contribution in [0.2, 0.25) is 0 Å². The Bertz CT molecular complexity index is 693. The number of rotatable bonds is 5. The topological polar surface area (TPSA) is 82.8 Å². The molecule has 0 fully saturated rings. The molecule has 1 aromatic carbocycles. The SMILES string of the molecule is CN(CC(=O)O)c1ccc2c(ccc(=O)n2CCO)c1. The fourth-order valence-electron chi connectivity index (χ4n) is 2.15. The van der Waals surface area contributed by atoms with E-state index in [0.29, 0.717) is 0 Å². The highest BCUT2D eigenvalue weighted by atomic mass is 16.4. The van der Waals surface area contributed by atoms with Crippen molar-refractivity contribution in [3.63, 3.8) is 0 Å². The molecule has 0 spiro atoms. The number of aliphatic carboxylic acids is 1. The molecule has 0 saturated heterocycles. The summed E-state index contributed by atoms with van der Waals surface area (Å²) in [6.45, 7) is 0.0297. The molecule has 2 aromatic rings. The summed E-state index contributed by atoms with van der Waals surface area (Å²) in [4.78, 5) is 24.1. The molecule has 2 rings (SSSR count). The first-order valence-corrected chi connectivity index (χ1v) is 6.20. The number of benzene rings is 1. The Labute approximate surface area is 115 Å². The number of carboxylic acid groups (broad SMARTS) is 1. The summed E-state index contributed by atoms with van der Waals surface area (Å²) in [7, 11) is 1.69. The molecule has 0 unspecified atom stereocenters. The lowest BCUT2D eigenvalue weighted by molar-refractivity contribution is -0.135. The molecular weight excluding hydrogens is 260 g/mol. The fraction of sp³-hybridized carbons (Fsp3) is 0.286. The number of pyridine rings is 1. The lowest BCUT2D eigenvalue weighted by atomic mass is 10.2. The van der Waals surface area contributed by atoms with Gasteiger partial charge in [-0.1, -0.05) is 0 Å². The number of carboxylic acids is 1. The van der Waals surface area contributed by atoms with Crippen molar-refractivity contribution in [2.75, 3.05) is 25.1 Å². The number of nitrogens with zero attached hydrogens (tertiary/aromatic N) is 2. The molecule has 20 heavy (non-hydrogen) atoms. The lowest BCUT2D eigenvalue weighted by Gasteiger charge is -2.18. The van der Waals surface area contributed by atoms with Crippen LogP contribution in [0.3, 0.4) is 0 Å². The highest BCUT2D eigenvalue weighted by Gasteiger charge is 2.08. The maximum Gasteiger partial charge on any atom is 0.323 e. The molecule has 106 valence electrons. The second-order valence-electron chi connectivity index (χ2n) is 4.54. The second-order valence-corrected chi connectivity index (χ2v) is 4.54. The maximum atomic E-state index is 11.8. The maximum absolute atomic E-state index is 11.8. The number of anilines is 1. The van der Waals surface area contributed by atoms with Crippen LogP contribution in [0, 0.1) is 0 Å². The van der Waals surface area contributed by atoms with Crippen molar-refractivity contribution in [1.82, 2.24) is 4.57 Å². The van der Waals surface area contributed by atoms with E-state index in [4.69, 9.17) is 10.2 Å². The molecule has 6 nitrogen and oxygen atoms in total. The van der Waals surface area contributed by atoms with Crippen LogP contribution >= 0.6 is 0 Å².